The number of fused-ring (bicyclic) bond motifs is 2. The first-order chi connectivity index (χ1) is 17.2. The van der Waals surface area contributed by atoms with Crippen LogP contribution in [0.1, 0.15) is 74.6 Å². The molecule has 2 aliphatic heterocycles. The predicted molar refractivity (Wildman–Crippen MR) is 135 cm³/mol. The van der Waals surface area contributed by atoms with Crippen molar-refractivity contribution in [2.45, 2.75) is 52.1 Å². The van der Waals surface area contributed by atoms with Gasteiger partial charge in [0.05, 0.1) is 23.3 Å². The summed E-state index contributed by atoms with van der Waals surface area (Å²) in [6.45, 7) is 9.27. The highest BCUT2D eigenvalue weighted by Crippen LogP contribution is 2.29. The van der Waals surface area contributed by atoms with E-state index >= 15 is 0 Å². The van der Waals surface area contributed by atoms with Crippen LogP contribution in [0.2, 0.25) is 0 Å². The molecule has 194 valence electrons. The second-order valence-corrected chi connectivity index (χ2v) is 9.91. The number of benzene rings is 2. The molecule has 36 heavy (non-hydrogen) atoms. The van der Waals surface area contributed by atoms with Crippen molar-refractivity contribution >= 4 is 11.9 Å². The summed E-state index contributed by atoms with van der Waals surface area (Å²) >= 11 is 0. The molecule has 0 saturated carbocycles. The fourth-order valence-electron chi connectivity index (χ4n) is 5.04. The Kier molecular flexibility index (Phi) is 8.10. The van der Waals surface area contributed by atoms with Crippen LogP contribution in [-0.2, 0) is 22.5 Å². The molecule has 2 heterocycles. The molecule has 0 spiro atoms. The monoisotopic (exact) mass is 496 g/mol. The molecule has 2 aromatic carbocycles. The molecule has 0 saturated heterocycles. The van der Waals surface area contributed by atoms with Gasteiger partial charge in [-0.05, 0) is 61.8 Å². The van der Waals surface area contributed by atoms with Crippen LogP contribution in [0.3, 0.4) is 0 Å². The molecule has 8 heteroatoms. The van der Waals surface area contributed by atoms with Gasteiger partial charge < -0.3 is 24.6 Å². The van der Waals surface area contributed by atoms with Crippen molar-refractivity contribution in [3.8, 4) is 0 Å². The van der Waals surface area contributed by atoms with E-state index in [9.17, 15) is 19.8 Å². The third kappa shape index (κ3) is 5.62. The Morgan fingerprint density at radius 2 is 1.78 bits per heavy atom. The molecule has 2 N–H and O–H groups in total. The Labute approximate surface area is 212 Å². The van der Waals surface area contributed by atoms with E-state index in [-0.39, 0.29) is 24.6 Å². The molecular weight excluding hydrogens is 460 g/mol. The number of nitrogens with zero attached hydrogens (tertiary/aromatic N) is 2. The van der Waals surface area contributed by atoms with Crippen LogP contribution < -0.4 is 0 Å². The van der Waals surface area contributed by atoms with E-state index in [1.54, 1.807) is 18.2 Å². The van der Waals surface area contributed by atoms with Gasteiger partial charge in [0.15, 0.2) is 0 Å². The van der Waals surface area contributed by atoms with Gasteiger partial charge in [-0.15, -0.1) is 0 Å². The topological polar surface area (TPSA) is 99.5 Å². The Balaban J connectivity index is 1.31. The number of likely N-dealkylation sites (N-methyl/N-ethyl adjacent to an activating group) is 2. The highest BCUT2D eigenvalue weighted by atomic mass is 16.5. The number of aliphatic hydroxyl groups excluding tert-OH is 2. The predicted octanol–water partition coefficient (Wildman–Crippen LogP) is 2.79. The van der Waals surface area contributed by atoms with Crippen molar-refractivity contribution in [1.29, 1.82) is 0 Å². The smallest absolute Gasteiger partial charge is 0.338 e. The number of hydrogen-bond donors (Lipinski definition) is 2. The number of cyclic esters (lactones) is 2. The minimum Gasteiger partial charge on any atom is -0.459 e. The second kappa shape index (κ2) is 11.1. The average Bonchev–Trinajstić information content (AvgIpc) is 3.22. The minimum atomic E-state index is -0.675. The van der Waals surface area contributed by atoms with Crippen molar-refractivity contribution in [2.24, 2.45) is 0 Å². The SMILES string of the molecule is CCN(CCN(C)C[C@@H](O)c1ccc2c(c1)C[C@H](C)OC2=O)C[C@H](O)c1ccc2c(c1C)COC2=O. The number of rotatable bonds is 10. The molecule has 0 aliphatic carbocycles. The summed E-state index contributed by atoms with van der Waals surface area (Å²) in [5.41, 5.74) is 5.47. The normalized spacial score (nSPS) is 18.6. The lowest BCUT2D eigenvalue weighted by molar-refractivity contribution is 0.0300. The zero-order valence-electron chi connectivity index (χ0n) is 21.5. The number of esters is 2. The summed E-state index contributed by atoms with van der Waals surface area (Å²) in [4.78, 5) is 28.1. The Bertz CT molecular complexity index is 1130. The molecule has 8 nitrogen and oxygen atoms in total. The molecule has 2 aromatic rings. The summed E-state index contributed by atoms with van der Waals surface area (Å²) in [6, 6.07) is 9.01. The van der Waals surface area contributed by atoms with Crippen molar-refractivity contribution < 1.29 is 29.3 Å². The lowest BCUT2D eigenvalue weighted by atomic mass is 9.95. The number of carbonyl (C=O) groups is 2. The number of hydrogen-bond acceptors (Lipinski definition) is 8. The maximum absolute atomic E-state index is 12.0. The van der Waals surface area contributed by atoms with E-state index in [0.29, 0.717) is 30.6 Å². The molecule has 0 unspecified atom stereocenters. The number of ether oxygens (including phenoxy) is 2. The van der Waals surface area contributed by atoms with Gasteiger partial charge >= 0.3 is 11.9 Å². The van der Waals surface area contributed by atoms with Gasteiger partial charge in [0, 0.05) is 38.2 Å². The van der Waals surface area contributed by atoms with Crippen molar-refractivity contribution in [3.05, 3.63) is 69.3 Å². The Morgan fingerprint density at radius 3 is 2.53 bits per heavy atom. The Hall–Kier alpha value is -2.78. The van der Waals surface area contributed by atoms with E-state index in [1.165, 1.54) is 0 Å². The Morgan fingerprint density at radius 1 is 1.03 bits per heavy atom. The van der Waals surface area contributed by atoms with Crippen molar-refractivity contribution in [3.63, 3.8) is 0 Å². The van der Waals surface area contributed by atoms with Crippen molar-refractivity contribution in [1.82, 2.24) is 9.80 Å². The zero-order chi connectivity index (χ0) is 26.0. The molecule has 0 bridgehead atoms. The lowest BCUT2D eigenvalue weighted by Gasteiger charge is -2.28. The molecule has 3 atom stereocenters. The fourth-order valence-corrected chi connectivity index (χ4v) is 5.04. The maximum atomic E-state index is 12.0. The molecule has 2 aliphatic rings. The lowest BCUT2D eigenvalue weighted by Crippen LogP contribution is -2.37. The second-order valence-electron chi connectivity index (χ2n) is 9.91. The highest BCUT2D eigenvalue weighted by molar-refractivity contribution is 5.94. The van der Waals surface area contributed by atoms with Gasteiger partial charge in [-0.1, -0.05) is 25.1 Å². The standard InChI is InChI=1S/C28H36N2O6/c1-5-30(15-26(32)21-8-9-23-24(18(21)3)16-35-27(23)33)11-10-29(4)14-25(31)19-6-7-22-20(13-19)12-17(2)36-28(22)34/h6-9,13,17,25-26,31-32H,5,10-12,14-16H2,1-4H3/t17-,25+,26-/m0/s1. The quantitative estimate of drug-likeness (QED) is 0.485. The molecule has 0 aromatic heterocycles. The van der Waals surface area contributed by atoms with Gasteiger partial charge in [0.2, 0.25) is 0 Å². The van der Waals surface area contributed by atoms with Crippen LogP contribution in [0.15, 0.2) is 30.3 Å². The summed E-state index contributed by atoms with van der Waals surface area (Å²) in [7, 11) is 1.97. The third-order valence-electron chi connectivity index (χ3n) is 7.28. The van der Waals surface area contributed by atoms with Crippen LogP contribution in [0, 0.1) is 6.92 Å². The van der Waals surface area contributed by atoms with E-state index in [1.807, 2.05) is 33.0 Å². The molecule has 0 radical (unpaired) electrons. The van der Waals surface area contributed by atoms with E-state index in [2.05, 4.69) is 16.7 Å². The van der Waals surface area contributed by atoms with Gasteiger partial charge in [-0.2, -0.15) is 0 Å². The first kappa shape index (κ1) is 26.3. The summed E-state index contributed by atoms with van der Waals surface area (Å²) in [6.07, 6.45) is -0.857. The summed E-state index contributed by atoms with van der Waals surface area (Å²) in [5, 5.41) is 21.8. The van der Waals surface area contributed by atoms with Gasteiger partial charge in [0.1, 0.15) is 12.7 Å². The van der Waals surface area contributed by atoms with Gasteiger partial charge in [-0.25, -0.2) is 9.59 Å². The highest BCUT2D eigenvalue weighted by Gasteiger charge is 2.27. The van der Waals surface area contributed by atoms with Crippen LogP contribution >= 0.6 is 0 Å². The van der Waals surface area contributed by atoms with E-state index < -0.39 is 12.2 Å². The first-order valence-electron chi connectivity index (χ1n) is 12.6. The van der Waals surface area contributed by atoms with Crippen LogP contribution in [0.25, 0.3) is 0 Å². The minimum absolute atomic E-state index is 0.160. The van der Waals surface area contributed by atoms with Crippen molar-refractivity contribution in [2.75, 3.05) is 39.8 Å². The average molecular weight is 497 g/mol. The molecular formula is C28H36N2O6. The summed E-state index contributed by atoms with van der Waals surface area (Å²) in [5.74, 6) is -0.609. The van der Waals surface area contributed by atoms with Gasteiger partial charge in [-0.3, -0.25) is 4.90 Å². The number of aliphatic hydroxyl groups is 2. The summed E-state index contributed by atoms with van der Waals surface area (Å²) < 4.78 is 10.4. The van der Waals surface area contributed by atoms with Crippen LogP contribution in [-0.4, -0.2) is 77.8 Å². The third-order valence-corrected chi connectivity index (χ3v) is 7.28. The zero-order valence-corrected chi connectivity index (χ0v) is 21.5. The molecule has 4 rings (SSSR count). The maximum Gasteiger partial charge on any atom is 0.338 e. The number of carbonyl (C=O) groups excluding carboxylic acids is 2. The van der Waals surface area contributed by atoms with Crippen LogP contribution in [0.5, 0.6) is 0 Å². The molecule has 0 amide bonds. The van der Waals surface area contributed by atoms with E-state index in [4.69, 9.17) is 9.47 Å². The first-order valence-corrected chi connectivity index (χ1v) is 12.6. The largest absolute Gasteiger partial charge is 0.459 e. The fraction of sp³-hybridized carbons (Fsp3) is 0.500. The molecule has 0 fully saturated rings. The van der Waals surface area contributed by atoms with Crippen LogP contribution in [0.4, 0.5) is 0 Å². The van der Waals surface area contributed by atoms with E-state index in [0.717, 1.165) is 47.5 Å². The van der Waals surface area contributed by atoms with Gasteiger partial charge in [0.25, 0.3) is 0 Å².